The lowest BCUT2D eigenvalue weighted by molar-refractivity contribution is -0.127. The average Bonchev–Trinajstić information content (AvgIpc) is 2.56. The van der Waals surface area contributed by atoms with Gasteiger partial charge in [0, 0.05) is 6.54 Å². The summed E-state index contributed by atoms with van der Waals surface area (Å²) in [7, 11) is 0. The van der Waals surface area contributed by atoms with Gasteiger partial charge in [-0.25, -0.2) is 0 Å². The average molecular weight is 294 g/mol. The maximum atomic E-state index is 11.6. The van der Waals surface area contributed by atoms with Crippen LogP contribution in [0.15, 0.2) is 48.5 Å². The van der Waals surface area contributed by atoms with Gasteiger partial charge in [-0.3, -0.25) is 4.79 Å². The van der Waals surface area contributed by atoms with Crippen molar-refractivity contribution in [3.8, 4) is 22.9 Å². The van der Waals surface area contributed by atoms with E-state index in [0.717, 1.165) is 11.1 Å². The molecule has 0 aliphatic carbocycles. The van der Waals surface area contributed by atoms with Crippen molar-refractivity contribution >= 4 is 5.91 Å². The zero-order valence-corrected chi connectivity index (χ0v) is 12.7. The number of nitrogens with one attached hydrogen (secondary N) is 1. The second-order valence-electron chi connectivity index (χ2n) is 4.87. The van der Waals surface area contributed by atoms with Crippen LogP contribution < -0.4 is 10.1 Å². The van der Waals surface area contributed by atoms with Crippen LogP contribution in [-0.2, 0) is 4.79 Å². The smallest absolute Gasteiger partial charge is 0.260 e. The van der Waals surface area contributed by atoms with Crippen molar-refractivity contribution in [2.45, 2.75) is 20.0 Å². The molecule has 1 amide bonds. The lowest BCUT2D eigenvalue weighted by Crippen LogP contribution is -2.36. The first-order valence-corrected chi connectivity index (χ1v) is 7.19. The van der Waals surface area contributed by atoms with E-state index in [-0.39, 0.29) is 5.91 Å². The largest absolute Gasteiger partial charge is 0.481 e. The van der Waals surface area contributed by atoms with Crippen LogP contribution >= 0.6 is 0 Å². The Labute approximate surface area is 130 Å². The van der Waals surface area contributed by atoms with E-state index in [2.05, 4.69) is 11.4 Å². The van der Waals surface area contributed by atoms with Crippen LogP contribution in [0, 0.1) is 11.3 Å². The van der Waals surface area contributed by atoms with Crippen LogP contribution in [0.5, 0.6) is 5.75 Å². The third-order valence-corrected chi connectivity index (χ3v) is 3.23. The van der Waals surface area contributed by atoms with E-state index in [0.29, 0.717) is 17.9 Å². The van der Waals surface area contributed by atoms with Gasteiger partial charge in [0.1, 0.15) is 5.75 Å². The summed E-state index contributed by atoms with van der Waals surface area (Å²) >= 11 is 0. The molecule has 0 heterocycles. The molecular formula is C18H18N2O2. The van der Waals surface area contributed by atoms with Gasteiger partial charge in [-0.2, -0.15) is 5.26 Å². The molecule has 0 bridgehead atoms. The van der Waals surface area contributed by atoms with Crippen molar-refractivity contribution in [2.24, 2.45) is 0 Å². The number of ether oxygens (including phenoxy) is 1. The molecule has 0 saturated heterocycles. The number of nitriles is 1. The molecule has 112 valence electrons. The monoisotopic (exact) mass is 294 g/mol. The van der Waals surface area contributed by atoms with Gasteiger partial charge in [0.15, 0.2) is 6.10 Å². The minimum Gasteiger partial charge on any atom is -0.481 e. The molecule has 2 rings (SSSR count). The fourth-order valence-electron chi connectivity index (χ4n) is 2.04. The summed E-state index contributed by atoms with van der Waals surface area (Å²) in [6, 6.07) is 17.0. The summed E-state index contributed by atoms with van der Waals surface area (Å²) in [5.74, 6) is 0.523. The minimum atomic E-state index is -0.527. The Morgan fingerprint density at radius 3 is 2.18 bits per heavy atom. The summed E-state index contributed by atoms with van der Waals surface area (Å²) in [5, 5.41) is 11.5. The Hall–Kier alpha value is -2.80. The van der Waals surface area contributed by atoms with Crippen molar-refractivity contribution in [2.75, 3.05) is 6.54 Å². The highest BCUT2D eigenvalue weighted by Gasteiger charge is 2.13. The van der Waals surface area contributed by atoms with Gasteiger partial charge in [0.2, 0.25) is 0 Å². The first-order chi connectivity index (χ1) is 10.6. The van der Waals surface area contributed by atoms with Crippen LogP contribution in [0.3, 0.4) is 0 Å². The van der Waals surface area contributed by atoms with Gasteiger partial charge in [0.25, 0.3) is 5.91 Å². The molecule has 0 radical (unpaired) electrons. The Morgan fingerprint density at radius 2 is 1.68 bits per heavy atom. The standard InChI is InChI=1S/C18H18N2O2/c1-3-20-18(21)13(2)22-17-10-8-16(9-11-17)15-6-4-14(12-19)5-7-15/h4-11,13H,3H2,1-2H3,(H,20,21)/t13-/m1/s1. The number of likely N-dealkylation sites (N-methyl/N-ethyl adjacent to an activating group) is 1. The Kier molecular flexibility index (Phi) is 5.16. The molecule has 1 N–H and O–H groups in total. The number of carbonyl (C=O) groups excluding carboxylic acids is 1. The molecule has 4 nitrogen and oxygen atoms in total. The first-order valence-electron chi connectivity index (χ1n) is 7.19. The number of rotatable bonds is 5. The highest BCUT2D eigenvalue weighted by molar-refractivity contribution is 5.80. The fraction of sp³-hybridized carbons (Fsp3) is 0.222. The Bertz CT molecular complexity index is 670. The normalized spacial score (nSPS) is 11.3. The van der Waals surface area contributed by atoms with Crippen LogP contribution in [0.1, 0.15) is 19.4 Å². The van der Waals surface area contributed by atoms with E-state index in [1.165, 1.54) is 0 Å². The fourth-order valence-corrected chi connectivity index (χ4v) is 2.04. The molecule has 0 aliphatic heterocycles. The van der Waals surface area contributed by atoms with Crippen LogP contribution in [0.25, 0.3) is 11.1 Å². The predicted molar refractivity (Wildman–Crippen MR) is 85.4 cm³/mol. The lowest BCUT2D eigenvalue weighted by atomic mass is 10.0. The second-order valence-corrected chi connectivity index (χ2v) is 4.87. The summed E-state index contributed by atoms with van der Waals surface area (Å²) in [6.07, 6.45) is -0.527. The molecule has 4 heteroatoms. The van der Waals surface area contributed by atoms with Gasteiger partial charge < -0.3 is 10.1 Å². The zero-order chi connectivity index (χ0) is 15.9. The molecule has 1 atom stereocenters. The number of carbonyl (C=O) groups is 1. The summed E-state index contributed by atoms with van der Waals surface area (Å²) < 4.78 is 5.60. The SMILES string of the molecule is CCNC(=O)[C@@H](C)Oc1ccc(-c2ccc(C#N)cc2)cc1. The number of benzene rings is 2. The van der Waals surface area contributed by atoms with E-state index in [9.17, 15) is 4.79 Å². The van der Waals surface area contributed by atoms with Crippen LogP contribution in [-0.4, -0.2) is 18.6 Å². The zero-order valence-electron chi connectivity index (χ0n) is 12.7. The van der Waals surface area contributed by atoms with E-state index in [1.807, 2.05) is 43.3 Å². The first kappa shape index (κ1) is 15.6. The Morgan fingerprint density at radius 1 is 1.14 bits per heavy atom. The molecule has 0 aromatic heterocycles. The van der Waals surface area contributed by atoms with E-state index in [4.69, 9.17) is 10.00 Å². The van der Waals surface area contributed by atoms with Crippen molar-refractivity contribution in [1.82, 2.24) is 5.32 Å². The van der Waals surface area contributed by atoms with Crippen LogP contribution in [0.4, 0.5) is 0 Å². The van der Waals surface area contributed by atoms with Gasteiger partial charge >= 0.3 is 0 Å². The Balaban J connectivity index is 2.06. The number of nitrogens with zero attached hydrogens (tertiary/aromatic N) is 1. The van der Waals surface area contributed by atoms with Gasteiger partial charge in [-0.15, -0.1) is 0 Å². The molecule has 2 aromatic carbocycles. The number of hydrogen-bond acceptors (Lipinski definition) is 3. The maximum Gasteiger partial charge on any atom is 0.260 e. The highest BCUT2D eigenvalue weighted by atomic mass is 16.5. The van der Waals surface area contributed by atoms with Gasteiger partial charge in [0.05, 0.1) is 11.6 Å². The maximum absolute atomic E-state index is 11.6. The second kappa shape index (κ2) is 7.28. The molecule has 0 fully saturated rings. The summed E-state index contributed by atoms with van der Waals surface area (Å²) in [5.41, 5.74) is 2.70. The molecule has 0 spiro atoms. The van der Waals surface area contributed by atoms with Gasteiger partial charge in [-0.05, 0) is 49.2 Å². The molecule has 0 aliphatic rings. The van der Waals surface area contributed by atoms with E-state index in [1.54, 1.807) is 19.1 Å². The summed E-state index contributed by atoms with van der Waals surface area (Å²) in [6.45, 7) is 4.18. The van der Waals surface area contributed by atoms with Gasteiger partial charge in [-0.1, -0.05) is 24.3 Å². The third kappa shape index (κ3) is 3.86. The van der Waals surface area contributed by atoms with Crippen molar-refractivity contribution in [3.63, 3.8) is 0 Å². The van der Waals surface area contributed by atoms with Crippen LogP contribution in [0.2, 0.25) is 0 Å². The summed E-state index contributed by atoms with van der Waals surface area (Å²) in [4.78, 5) is 11.6. The predicted octanol–water partition coefficient (Wildman–Crippen LogP) is 3.13. The number of amides is 1. The minimum absolute atomic E-state index is 0.126. The molecule has 0 saturated carbocycles. The molecule has 0 unspecified atom stereocenters. The lowest BCUT2D eigenvalue weighted by Gasteiger charge is -2.14. The van der Waals surface area contributed by atoms with E-state index >= 15 is 0 Å². The number of hydrogen-bond donors (Lipinski definition) is 1. The van der Waals surface area contributed by atoms with E-state index < -0.39 is 6.10 Å². The topological polar surface area (TPSA) is 62.1 Å². The third-order valence-electron chi connectivity index (χ3n) is 3.23. The molecule has 2 aromatic rings. The highest BCUT2D eigenvalue weighted by Crippen LogP contribution is 2.23. The van der Waals surface area contributed by atoms with Crippen molar-refractivity contribution in [1.29, 1.82) is 5.26 Å². The van der Waals surface area contributed by atoms with Crippen molar-refractivity contribution in [3.05, 3.63) is 54.1 Å². The molecule has 22 heavy (non-hydrogen) atoms. The quantitative estimate of drug-likeness (QED) is 0.921. The van der Waals surface area contributed by atoms with Crippen molar-refractivity contribution < 1.29 is 9.53 Å². The molecular weight excluding hydrogens is 276 g/mol.